The molecule has 0 aromatic rings. The van der Waals surface area contributed by atoms with E-state index in [0.717, 1.165) is 36.8 Å². The number of aliphatic hydroxyl groups is 3. The number of carbonyl (C=O) groups is 2. The molecule has 12 heteroatoms. The van der Waals surface area contributed by atoms with Crippen LogP contribution in [0, 0.1) is 11.8 Å². The fraction of sp³-hybridized carbons (Fsp3) is 0.850. The third kappa shape index (κ3) is 8.46. The molecule has 0 aromatic carbocycles. The Morgan fingerprint density at radius 2 is 1.52 bits per heavy atom. The Morgan fingerprint density at radius 1 is 0.750 bits per heavy atom. The van der Waals surface area contributed by atoms with Gasteiger partial charge in [-0.15, -0.1) is 0 Å². The van der Waals surface area contributed by atoms with Crippen molar-refractivity contribution in [1.82, 2.24) is 0 Å². The number of methoxy groups -OCH3 is 1. The average Bonchev–Trinajstić information content (AvgIpc) is 3.74. The van der Waals surface area contributed by atoms with Crippen molar-refractivity contribution in [3.8, 4) is 0 Å². The molecule has 0 aromatic heterocycles. The monoisotopic (exact) mass is 732 g/mol. The lowest BCUT2D eigenvalue weighted by Crippen LogP contribution is -2.53. The molecule has 0 aliphatic carbocycles. The van der Waals surface area contributed by atoms with Crippen LogP contribution >= 0.6 is 0 Å². The van der Waals surface area contributed by atoms with Crippen molar-refractivity contribution in [1.29, 1.82) is 0 Å². The minimum absolute atomic E-state index is 0.0167. The minimum Gasteiger partial charge on any atom is -0.394 e. The van der Waals surface area contributed by atoms with E-state index in [1.807, 2.05) is 0 Å². The molecule has 0 unspecified atom stereocenters. The van der Waals surface area contributed by atoms with Crippen LogP contribution in [0.1, 0.15) is 96.8 Å². The molecule has 17 atom stereocenters. The third-order valence-corrected chi connectivity index (χ3v) is 13.0. The van der Waals surface area contributed by atoms with Crippen LogP contribution in [-0.4, -0.2) is 132 Å². The Bertz CT molecular complexity index is 1300. The number of aliphatic hydroxyl groups excluding tert-OH is 3. The molecular weight excluding hydrogens is 672 g/mol. The molecule has 7 saturated heterocycles. The van der Waals surface area contributed by atoms with E-state index in [9.17, 15) is 24.9 Å². The van der Waals surface area contributed by atoms with Crippen LogP contribution in [0.4, 0.5) is 0 Å². The quantitative estimate of drug-likeness (QED) is 0.363. The third-order valence-electron chi connectivity index (χ3n) is 13.0. The van der Waals surface area contributed by atoms with Gasteiger partial charge in [0, 0.05) is 58.0 Å². The molecule has 0 saturated carbocycles. The highest BCUT2D eigenvalue weighted by Gasteiger charge is 2.53. The molecule has 0 spiro atoms. The van der Waals surface area contributed by atoms with E-state index in [0.29, 0.717) is 38.5 Å². The van der Waals surface area contributed by atoms with Gasteiger partial charge in [-0.2, -0.15) is 0 Å². The van der Waals surface area contributed by atoms with Crippen molar-refractivity contribution in [2.24, 2.45) is 11.8 Å². The maximum atomic E-state index is 13.9. The zero-order chi connectivity index (χ0) is 36.7. The van der Waals surface area contributed by atoms with E-state index in [1.165, 1.54) is 0 Å². The van der Waals surface area contributed by atoms with Crippen LogP contribution < -0.4 is 0 Å². The van der Waals surface area contributed by atoms with Crippen molar-refractivity contribution in [3.63, 3.8) is 0 Å². The molecule has 52 heavy (non-hydrogen) atoms. The molecule has 0 amide bonds. The van der Waals surface area contributed by atoms with Crippen molar-refractivity contribution < 1.29 is 58.1 Å². The van der Waals surface area contributed by atoms with Gasteiger partial charge in [0.2, 0.25) is 0 Å². The highest BCUT2D eigenvalue weighted by Crippen LogP contribution is 2.43. The SMILES string of the molecule is C=C1C[C@@H]2CCC(=O)C[C@H]3O[C@H]4C[C@H]5O[C@H](CC[C@@H]5O[C@H]4[C@H]3O)CC(=O)C[C@@H]3[C@@H](OC)[C@@H](C[C@H](O)CO)O[C@H]3C[C@H]3O[C@@H](CC[C@@H]1O2)C[C@@H](C)C3=C. The predicted octanol–water partition coefficient (Wildman–Crippen LogP) is 3.30. The topological polar surface area (TPSA) is 159 Å². The van der Waals surface area contributed by atoms with Crippen molar-refractivity contribution in [3.05, 3.63) is 24.3 Å². The number of hydrogen-bond acceptors (Lipinski definition) is 12. The number of ketones is 2. The van der Waals surface area contributed by atoms with Crippen LogP contribution in [0.25, 0.3) is 0 Å². The second kappa shape index (κ2) is 16.6. The zero-order valence-corrected chi connectivity index (χ0v) is 30.9. The highest BCUT2D eigenvalue weighted by atomic mass is 16.6. The number of Topliss-reactive ketones (excluding diaryl/α,β-unsaturated/α-hetero) is 2. The van der Waals surface area contributed by atoms with Crippen LogP contribution in [-0.2, 0) is 42.7 Å². The Labute approximate surface area is 307 Å². The molecule has 7 fully saturated rings. The van der Waals surface area contributed by atoms with Gasteiger partial charge in [0.15, 0.2) is 0 Å². The van der Waals surface area contributed by atoms with Crippen LogP contribution in [0.2, 0.25) is 0 Å². The van der Waals surface area contributed by atoms with Gasteiger partial charge in [-0.25, -0.2) is 0 Å². The Kier molecular flexibility index (Phi) is 12.4. The van der Waals surface area contributed by atoms with Gasteiger partial charge in [-0.3, -0.25) is 9.59 Å². The lowest BCUT2D eigenvalue weighted by molar-refractivity contribution is -0.216. The van der Waals surface area contributed by atoms with Gasteiger partial charge in [-0.1, -0.05) is 20.1 Å². The summed E-state index contributed by atoms with van der Waals surface area (Å²) in [6, 6.07) is 0. The summed E-state index contributed by atoms with van der Waals surface area (Å²) in [7, 11) is 1.61. The molecular formula is C40H60O12. The summed E-state index contributed by atoms with van der Waals surface area (Å²) in [6.45, 7) is 10.5. The summed E-state index contributed by atoms with van der Waals surface area (Å²) in [4.78, 5) is 27.0. The van der Waals surface area contributed by atoms with Crippen molar-refractivity contribution in [2.45, 2.75) is 188 Å². The molecule has 8 bridgehead atoms. The second-order valence-corrected chi connectivity index (χ2v) is 16.7. The number of ether oxygens (including phenoxy) is 7. The summed E-state index contributed by atoms with van der Waals surface area (Å²) in [5.41, 5.74) is 2.05. The maximum absolute atomic E-state index is 13.9. The van der Waals surface area contributed by atoms with Crippen LogP contribution in [0.3, 0.4) is 0 Å². The van der Waals surface area contributed by atoms with E-state index in [2.05, 4.69) is 20.1 Å². The van der Waals surface area contributed by atoms with Crippen molar-refractivity contribution in [2.75, 3.05) is 13.7 Å². The normalized spacial score (nSPS) is 46.9. The zero-order valence-electron chi connectivity index (χ0n) is 30.9. The fourth-order valence-electron chi connectivity index (χ4n) is 10.1. The van der Waals surface area contributed by atoms with Gasteiger partial charge >= 0.3 is 0 Å². The summed E-state index contributed by atoms with van der Waals surface area (Å²) < 4.78 is 44.8. The molecule has 7 aliphatic heterocycles. The maximum Gasteiger partial charge on any atom is 0.135 e. The summed E-state index contributed by atoms with van der Waals surface area (Å²) in [6.07, 6.45) is 1.28. The predicted molar refractivity (Wildman–Crippen MR) is 187 cm³/mol. The fourth-order valence-corrected chi connectivity index (χ4v) is 10.1. The van der Waals surface area contributed by atoms with E-state index >= 15 is 0 Å². The Balaban J connectivity index is 1.10. The van der Waals surface area contributed by atoms with Crippen LogP contribution in [0.15, 0.2) is 24.3 Å². The first-order chi connectivity index (χ1) is 25.0. The van der Waals surface area contributed by atoms with Gasteiger partial charge in [0.1, 0.15) is 23.8 Å². The first kappa shape index (κ1) is 38.7. The standard InChI is InChI=1S/C40H60O12/c1-20-11-27-7-9-30-21(2)12-26(47-30)6-5-23(42)15-35-38(45)40-37(51-35)18-34-31(52-40)10-8-28(49-34)13-24(43)14-29-33(17-32(48-27)22(20)3)50-36(39(29)46-4)16-25(44)19-41/h20,25-41,44-45H,2-3,5-19H2,1,4H3/t20-,25+,26+,27+,28-,29+,30+,31+,32-,33+,34-,35-,36-,37+,38+,39-,40-/m1/s1. The first-order valence-corrected chi connectivity index (χ1v) is 19.8. The van der Waals surface area contributed by atoms with Gasteiger partial charge in [-0.05, 0) is 62.0 Å². The average molecular weight is 733 g/mol. The lowest BCUT2D eigenvalue weighted by Gasteiger charge is -2.43. The molecule has 12 nitrogen and oxygen atoms in total. The first-order valence-electron chi connectivity index (χ1n) is 19.8. The van der Waals surface area contributed by atoms with E-state index in [4.69, 9.17) is 33.2 Å². The molecule has 3 N–H and O–H groups in total. The Hall–Kier alpha value is -1.58. The lowest BCUT2D eigenvalue weighted by atomic mass is 9.81. The summed E-state index contributed by atoms with van der Waals surface area (Å²) in [5.74, 6) is 0.0247. The minimum atomic E-state index is -0.967. The largest absolute Gasteiger partial charge is 0.394 e. The number of hydrogen-bond donors (Lipinski definition) is 3. The summed E-state index contributed by atoms with van der Waals surface area (Å²) >= 11 is 0. The smallest absolute Gasteiger partial charge is 0.135 e. The van der Waals surface area contributed by atoms with E-state index in [1.54, 1.807) is 7.11 Å². The van der Waals surface area contributed by atoms with E-state index in [-0.39, 0.29) is 111 Å². The number of rotatable bonds is 4. The van der Waals surface area contributed by atoms with Gasteiger partial charge in [0.05, 0.1) is 86.0 Å². The molecule has 7 heterocycles. The van der Waals surface area contributed by atoms with Gasteiger partial charge in [0.25, 0.3) is 0 Å². The van der Waals surface area contributed by atoms with Crippen molar-refractivity contribution >= 4 is 11.6 Å². The number of fused-ring (bicyclic) bond motifs is 7. The molecule has 7 aliphatic rings. The Morgan fingerprint density at radius 3 is 2.31 bits per heavy atom. The summed E-state index contributed by atoms with van der Waals surface area (Å²) in [5, 5.41) is 31.1. The number of carbonyl (C=O) groups excluding carboxylic acids is 2. The molecule has 0 radical (unpaired) electrons. The molecule has 292 valence electrons. The van der Waals surface area contributed by atoms with Crippen LogP contribution in [0.5, 0.6) is 0 Å². The van der Waals surface area contributed by atoms with E-state index < -0.39 is 36.6 Å². The highest BCUT2D eigenvalue weighted by molar-refractivity contribution is 5.79. The van der Waals surface area contributed by atoms with Gasteiger partial charge < -0.3 is 48.5 Å². The molecule has 7 rings (SSSR count). The second-order valence-electron chi connectivity index (χ2n) is 16.7.